The SMILES string of the molecule is CC1CCCC(CCN2CCC(C(O)c3nccn3C)CC2)C1. The molecule has 1 N–H and O–H groups in total. The molecule has 1 aliphatic carbocycles. The first-order chi connectivity index (χ1) is 11.1. The topological polar surface area (TPSA) is 41.3 Å². The number of rotatable bonds is 5. The van der Waals surface area contributed by atoms with Gasteiger partial charge in [0.1, 0.15) is 11.9 Å². The highest BCUT2D eigenvalue weighted by Crippen LogP contribution is 2.32. The van der Waals surface area contributed by atoms with Crippen molar-refractivity contribution in [2.24, 2.45) is 24.8 Å². The van der Waals surface area contributed by atoms with Gasteiger partial charge >= 0.3 is 0 Å². The standard InChI is InChI=1S/C19H33N3O/c1-15-4-3-5-16(14-15)6-10-22-11-7-17(8-12-22)18(23)19-20-9-13-21(19)2/h9,13,15-18,23H,3-8,10-12,14H2,1-2H3. The summed E-state index contributed by atoms with van der Waals surface area (Å²) in [6, 6.07) is 0. The van der Waals surface area contributed by atoms with Crippen LogP contribution in [0.1, 0.15) is 63.8 Å². The average Bonchev–Trinajstić information content (AvgIpc) is 2.99. The third kappa shape index (κ3) is 4.36. The van der Waals surface area contributed by atoms with Crippen LogP contribution in [0.2, 0.25) is 0 Å². The van der Waals surface area contributed by atoms with Crippen molar-refractivity contribution >= 4 is 0 Å². The first kappa shape index (κ1) is 17.0. The van der Waals surface area contributed by atoms with Crippen LogP contribution in [0.15, 0.2) is 12.4 Å². The van der Waals surface area contributed by atoms with Crippen LogP contribution in [0.5, 0.6) is 0 Å². The van der Waals surface area contributed by atoms with Gasteiger partial charge in [0.05, 0.1) is 0 Å². The lowest BCUT2D eigenvalue weighted by Crippen LogP contribution is -2.37. The Morgan fingerprint density at radius 3 is 2.70 bits per heavy atom. The van der Waals surface area contributed by atoms with Crippen molar-refractivity contribution < 1.29 is 5.11 Å². The number of aryl methyl sites for hydroxylation is 1. The fourth-order valence-corrected chi connectivity index (χ4v) is 4.55. The van der Waals surface area contributed by atoms with Gasteiger partial charge in [0.2, 0.25) is 0 Å². The monoisotopic (exact) mass is 319 g/mol. The number of hydrogen-bond donors (Lipinski definition) is 1. The van der Waals surface area contributed by atoms with Gasteiger partial charge < -0.3 is 14.6 Å². The number of piperidine rings is 1. The van der Waals surface area contributed by atoms with Gasteiger partial charge in [-0.15, -0.1) is 0 Å². The summed E-state index contributed by atoms with van der Waals surface area (Å²) >= 11 is 0. The van der Waals surface area contributed by atoms with Gasteiger partial charge in [0.25, 0.3) is 0 Å². The molecule has 1 aliphatic heterocycles. The predicted molar refractivity (Wildman–Crippen MR) is 93.1 cm³/mol. The summed E-state index contributed by atoms with van der Waals surface area (Å²) in [5.74, 6) is 3.07. The number of nitrogens with zero attached hydrogens (tertiary/aromatic N) is 3. The Labute approximate surface area is 140 Å². The van der Waals surface area contributed by atoms with Gasteiger partial charge in [0.15, 0.2) is 0 Å². The molecule has 2 aliphatic rings. The third-order valence-electron chi connectivity index (χ3n) is 6.10. The van der Waals surface area contributed by atoms with Crippen molar-refractivity contribution in [1.29, 1.82) is 0 Å². The van der Waals surface area contributed by atoms with Crippen molar-refractivity contribution in [2.45, 2.75) is 58.0 Å². The summed E-state index contributed by atoms with van der Waals surface area (Å²) in [5.41, 5.74) is 0. The molecular formula is C19H33N3O. The van der Waals surface area contributed by atoms with Gasteiger partial charge in [-0.1, -0.05) is 26.2 Å². The second kappa shape index (κ2) is 7.80. The highest BCUT2D eigenvalue weighted by atomic mass is 16.3. The van der Waals surface area contributed by atoms with E-state index in [0.29, 0.717) is 5.92 Å². The van der Waals surface area contributed by atoms with E-state index < -0.39 is 6.10 Å². The summed E-state index contributed by atoms with van der Waals surface area (Å²) < 4.78 is 1.95. The van der Waals surface area contributed by atoms with Crippen molar-refractivity contribution in [3.05, 3.63) is 18.2 Å². The molecule has 1 saturated heterocycles. The van der Waals surface area contributed by atoms with Crippen molar-refractivity contribution in [3.63, 3.8) is 0 Å². The number of aliphatic hydroxyl groups excluding tert-OH is 1. The van der Waals surface area contributed by atoms with E-state index in [1.54, 1.807) is 6.20 Å². The van der Waals surface area contributed by atoms with Gasteiger partial charge in [-0.25, -0.2) is 4.98 Å². The summed E-state index contributed by atoms with van der Waals surface area (Å²) in [4.78, 5) is 6.93. The van der Waals surface area contributed by atoms with Crippen molar-refractivity contribution in [3.8, 4) is 0 Å². The van der Waals surface area contributed by atoms with Crippen molar-refractivity contribution in [1.82, 2.24) is 14.5 Å². The van der Waals surface area contributed by atoms with E-state index in [1.165, 1.54) is 38.6 Å². The average molecular weight is 319 g/mol. The van der Waals surface area contributed by atoms with Gasteiger partial charge in [-0.2, -0.15) is 0 Å². The molecule has 2 heterocycles. The molecule has 23 heavy (non-hydrogen) atoms. The molecule has 0 radical (unpaired) electrons. The molecule has 1 saturated carbocycles. The molecule has 3 rings (SSSR count). The van der Waals surface area contributed by atoms with Gasteiger partial charge in [-0.3, -0.25) is 0 Å². The fourth-order valence-electron chi connectivity index (χ4n) is 4.55. The van der Waals surface area contributed by atoms with Crippen LogP contribution < -0.4 is 0 Å². The summed E-state index contributed by atoms with van der Waals surface area (Å²) in [5, 5.41) is 10.6. The fraction of sp³-hybridized carbons (Fsp3) is 0.842. The number of aromatic nitrogens is 2. The molecular weight excluding hydrogens is 286 g/mol. The van der Waals surface area contributed by atoms with E-state index in [4.69, 9.17) is 0 Å². The quantitative estimate of drug-likeness (QED) is 0.904. The van der Waals surface area contributed by atoms with Crippen LogP contribution in [-0.2, 0) is 7.05 Å². The minimum absolute atomic E-state index is 0.363. The lowest BCUT2D eigenvalue weighted by molar-refractivity contribution is 0.0489. The molecule has 1 aromatic rings. The minimum atomic E-state index is -0.406. The molecule has 0 spiro atoms. The second-order valence-corrected chi connectivity index (χ2v) is 7.95. The lowest BCUT2D eigenvalue weighted by Gasteiger charge is -2.35. The maximum Gasteiger partial charge on any atom is 0.137 e. The number of hydrogen-bond acceptors (Lipinski definition) is 3. The van der Waals surface area contributed by atoms with E-state index in [-0.39, 0.29) is 0 Å². The highest BCUT2D eigenvalue weighted by molar-refractivity contribution is 4.98. The molecule has 2 fully saturated rings. The lowest BCUT2D eigenvalue weighted by atomic mass is 9.80. The van der Waals surface area contributed by atoms with Gasteiger partial charge in [-0.05, 0) is 63.1 Å². The highest BCUT2D eigenvalue weighted by Gasteiger charge is 2.28. The van der Waals surface area contributed by atoms with Crippen LogP contribution in [0.3, 0.4) is 0 Å². The molecule has 1 aromatic heterocycles. The summed E-state index contributed by atoms with van der Waals surface area (Å²) in [6.45, 7) is 5.93. The smallest absolute Gasteiger partial charge is 0.137 e. The van der Waals surface area contributed by atoms with Crippen molar-refractivity contribution in [2.75, 3.05) is 19.6 Å². The molecule has 0 bridgehead atoms. The summed E-state index contributed by atoms with van der Waals surface area (Å²) in [6.07, 6.45) is 12.6. The Bertz CT molecular complexity index is 479. The Kier molecular flexibility index (Phi) is 5.76. The van der Waals surface area contributed by atoms with E-state index >= 15 is 0 Å². The maximum absolute atomic E-state index is 10.6. The zero-order valence-corrected chi connectivity index (χ0v) is 14.8. The number of imidazole rings is 1. The van der Waals surface area contributed by atoms with Crippen LogP contribution in [0.25, 0.3) is 0 Å². The van der Waals surface area contributed by atoms with Gasteiger partial charge in [0, 0.05) is 19.4 Å². The number of likely N-dealkylation sites (tertiary alicyclic amines) is 1. The zero-order chi connectivity index (χ0) is 16.2. The third-order valence-corrected chi connectivity index (χ3v) is 6.10. The van der Waals surface area contributed by atoms with E-state index in [9.17, 15) is 5.11 Å². The molecule has 0 amide bonds. The molecule has 0 aromatic carbocycles. The predicted octanol–water partition coefficient (Wildman–Crippen LogP) is 3.38. The van der Waals surface area contributed by atoms with E-state index in [0.717, 1.165) is 43.6 Å². The van der Waals surface area contributed by atoms with Crippen LogP contribution in [0, 0.1) is 17.8 Å². The Morgan fingerprint density at radius 2 is 2.04 bits per heavy atom. The molecule has 3 atom stereocenters. The first-order valence-electron chi connectivity index (χ1n) is 9.51. The molecule has 4 heteroatoms. The second-order valence-electron chi connectivity index (χ2n) is 7.95. The zero-order valence-electron chi connectivity index (χ0n) is 14.8. The first-order valence-corrected chi connectivity index (χ1v) is 9.51. The Balaban J connectivity index is 1.41. The Hall–Kier alpha value is -0.870. The minimum Gasteiger partial charge on any atom is -0.385 e. The largest absolute Gasteiger partial charge is 0.385 e. The number of aliphatic hydroxyl groups is 1. The Morgan fingerprint density at radius 1 is 1.26 bits per heavy atom. The maximum atomic E-state index is 10.6. The van der Waals surface area contributed by atoms with Crippen LogP contribution >= 0.6 is 0 Å². The molecule has 4 nitrogen and oxygen atoms in total. The van der Waals surface area contributed by atoms with Crippen LogP contribution in [0.4, 0.5) is 0 Å². The summed E-state index contributed by atoms with van der Waals surface area (Å²) in [7, 11) is 1.96. The van der Waals surface area contributed by atoms with E-state index in [1.807, 2.05) is 17.8 Å². The van der Waals surface area contributed by atoms with E-state index in [2.05, 4.69) is 16.8 Å². The van der Waals surface area contributed by atoms with Crippen LogP contribution in [-0.4, -0.2) is 39.2 Å². The molecule has 130 valence electrons. The molecule has 3 unspecified atom stereocenters. The normalized spacial score (nSPS) is 28.8.